The van der Waals surface area contributed by atoms with E-state index in [9.17, 15) is 0 Å². The van der Waals surface area contributed by atoms with Crippen molar-refractivity contribution in [1.29, 1.82) is 0 Å². The third-order valence-electron chi connectivity index (χ3n) is 4.33. The molecule has 0 radical (unpaired) electrons. The van der Waals surface area contributed by atoms with E-state index < -0.39 is 0 Å². The van der Waals surface area contributed by atoms with Crippen molar-refractivity contribution in [2.75, 3.05) is 11.9 Å². The number of anilines is 1. The third-order valence-corrected chi connectivity index (χ3v) is 6.42. The van der Waals surface area contributed by atoms with E-state index in [1.165, 1.54) is 27.3 Å². The zero-order valence-electron chi connectivity index (χ0n) is 12.7. The maximum atomic E-state index is 5.73. The molecule has 0 saturated carbocycles. The maximum absolute atomic E-state index is 5.73. The summed E-state index contributed by atoms with van der Waals surface area (Å²) < 4.78 is 3.22. The molecule has 3 rings (SSSR count). The minimum atomic E-state index is -0.0176. The van der Waals surface area contributed by atoms with Crippen LogP contribution in [0.15, 0.2) is 18.2 Å². The second-order valence-corrected chi connectivity index (χ2v) is 7.35. The Labute approximate surface area is 129 Å². The Hall–Kier alpha value is -1.13. The lowest BCUT2D eigenvalue weighted by molar-refractivity contribution is 0.521. The fourth-order valence-electron chi connectivity index (χ4n) is 2.88. The van der Waals surface area contributed by atoms with Crippen LogP contribution in [0.25, 0.3) is 11.1 Å². The van der Waals surface area contributed by atoms with Crippen molar-refractivity contribution in [3.63, 3.8) is 0 Å². The van der Waals surface area contributed by atoms with Gasteiger partial charge in [-0.3, -0.25) is 3.96 Å². The number of rotatable bonds is 1. The SMILES string of the molecule is CCn1sc2c(c1=S)-c1cc(C)ccc1N(C)C2(C)C. The molecule has 1 aromatic heterocycles. The Balaban J connectivity index is 2.42. The molecule has 0 atom stereocenters. The molecule has 0 bridgehead atoms. The van der Waals surface area contributed by atoms with E-state index in [4.69, 9.17) is 12.2 Å². The molecule has 0 spiro atoms. The van der Waals surface area contributed by atoms with Crippen molar-refractivity contribution in [3.05, 3.63) is 33.3 Å². The smallest absolute Gasteiger partial charge is 0.124 e. The predicted molar refractivity (Wildman–Crippen MR) is 90.4 cm³/mol. The molecule has 0 N–H and O–H groups in total. The summed E-state index contributed by atoms with van der Waals surface area (Å²) in [4.78, 5) is 3.75. The molecule has 1 aliphatic rings. The fourth-order valence-corrected chi connectivity index (χ4v) is 4.58. The van der Waals surface area contributed by atoms with Crippen LogP contribution in [0.4, 0.5) is 5.69 Å². The largest absolute Gasteiger partial charge is 0.364 e. The van der Waals surface area contributed by atoms with Crippen LogP contribution in [0.1, 0.15) is 31.2 Å². The first-order valence-electron chi connectivity index (χ1n) is 6.97. The summed E-state index contributed by atoms with van der Waals surface area (Å²) in [5.74, 6) is 0. The van der Waals surface area contributed by atoms with Crippen molar-refractivity contribution in [2.24, 2.45) is 0 Å². The summed E-state index contributed by atoms with van der Waals surface area (Å²) in [5, 5.41) is 0. The Kier molecular flexibility index (Phi) is 3.07. The van der Waals surface area contributed by atoms with Crippen LogP contribution in [0.2, 0.25) is 0 Å². The van der Waals surface area contributed by atoms with Gasteiger partial charge in [0.05, 0.1) is 10.4 Å². The van der Waals surface area contributed by atoms with Crippen LogP contribution >= 0.6 is 23.8 Å². The van der Waals surface area contributed by atoms with Gasteiger partial charge >= 0.3 is 0 Å². The van der Waals surface area contributed by atoms with E-state index in [-0.39, 0.29) is 5.54 Å². The lowest BCUT2D eigenvalue weighted by Crippen LogP contribution is -2.40. The zero-order valence-corrected chi connectivity index (χ0v) is 14.3. The minimum absolute atomic E-state index is 0.0176. The minimum Gasteiger partial charge on any atom is -0.364 e. The molecule has 0 aliphatic carbocycles. The van der Waals surface area contributed by atoms with E-state index in [0.717, 1.165) is 11.2 Å². The first-order valence-corrected chi connectivity index (χ1v) is 8.15. The summed E-state index contributed by atoms with van der Waals surface area (Å²) in [6.07, 6.45) is 0. The van der Waals surface area contributed by atoms with Crippen molar-refractivity contribution in [2.45, 2.75) is 39.8 Å². The molecule has 0 unspecified atom stereocenters. The van der Waals surface area contributed by atoms with Crippen molar-refractivity contribution in [3.8, 4) is 11.1 Å². The van der Waals surface area contributed by atoms with Gasteiger partial charge in [0.2, 0.25) is 0 Å². The molecule has 0 saturated heterocycles. The van der Waals surface area contributed by atoms with Crippen molar-refractivity contribution in [1.82, 2.24) is 3.96 Å². The third kappa shape index (κ3) is 1.71. The molecular weight excluding hydrogens is 284 g/mol. The summed E-state index contributed by atoms with van der Waals surface area (Å²) in [6, 6.07) is 6.67. The quantitative estimate of drug-likeness (QED) is 0.688. The molecule has 1 aliphatic heterocycles. The van der Waals surface area contributed by atoms with Gasteiger partial charge in [-0.2, -0.15) is 0 Å². The van der Waals surface area contributed by atoms with Crippen LogP contribution in [-0.2, 0) is 12.1 Å². The molecule has 0 amide bonds. The maximum Gasteiger partial charge on any atom is 0.124 e. The highest BCUT2D eigenvalue weighted by atomic mass is 32.1. The normalized spacial score (nSPS) is 15.9. The van der Waals surface area contributed by atoms with Gasteiger partial charge in [0.25, 0.3) is 0 Å². The van der Waals surface area contributed by atoms with Crippen LogP contribution < -0.4 is 4.90 Å². The standard InChI is InChI=1S/C16H20N2S2/c1-6-18-15(19)13-11-9-10(2)7-8-12(11)17(5)16(3,4)14(13)20-18/h7-9H,6H2,1-5H3. The first-order chi connectivity index (χ1) is 9.37. The molecule has 0 fully saturated rings. The average molecular weight is 304 g/mol. The Morgan fingerprint density at radius 2 is 2.00 bits per heavy atom. The second kappa shape index (κ2) is 4.43. The summed E-state index contributed by atoms with van der Waals surface area (Å²) in [7, 11) is 2.18. The molecule has 20 heavy (non-hydrogen) atoms. The molecule has 106 valence electrons. The number of nitrogens with zero attached hydrogens (tertiary/aromatic N) is 2. The number of hydrogen-bond acceptors (Lipinski definition) is 3. The van der Waals surface area contributed by atoms with Gasteiger partial charge in [-0.1, -0.05) is 35.4 Å². The van der Waals surface area contributed by atoms with Gasteiger partial charge in [-0.25, -0.2) is 0 Å². The fraction of sp³-hybridized carbons (Fsp3) is 0.438. The van der Waals surface area contributed by atoms with Crippen LogP contribution in [0, 0.1) is 11.6 Å². The lowest BCUT2D eigenvalue weighted by Gasteiger charge is -2.42. The van der Waals surface area contributed by atoms with Gasteiger partial charge in [-0.15, -0.1) is 0 Å². The molecule has 2 nitrogen and oxygen atoms in total. The van der Waals surface area contributed by atoms with E-state index in [1.54, 1.807) is 0 Å². The van der Waals surface area contributed by atoms with Gasteiger partial charge < -0.3 is 4.90 Å². The van der Waals surface area contributed by atoms with Crippen LogP contribution in [0.3, 0.4) is 0 Å². The number of benzene rings is 1. The molecule has 2 aromatic rings. The lowest BCUT2D eigenvalue weighted by atomic mass is 9.87. The van der Waals surface area contributed by atoms with E-state index in [1.807, 2.05) is 11.5 Å². The summed E-state index contributed by atoms with van der Waals surface area (Å²) in [6.45, 7) is 9.80. The highest BCUT2D eigenvalue weighted by molar-refractivity contribution is 7.71. The molecule has 4 heteroatoms. The number of aromatic nitrogens is 1. The number of aryl methyl sites for hydroxylation is 2. The average Bonchev–Trinajstić information content (AvgIpc) is 2.74. The second-order valence-electron chi connectivity index (χ2n) is 5.93. The van der Waals surface area contributed by atoms with Gasteiger partial charge in [0, 0.05) is 30.4 Å². The Morgan fingerprint density at radius 3 is 2.65 bits per heavy atom. The van der Waals surface area contributed by atoms with Crippen LogP contribution in [-0.4, -0.2) is 11.0 Å². The van der Waals surface area contributed by atoms with E-state index >= 15 is 0 Å². The Bertz CT molecular complexity index is 737. The van der Waals surface area contributed by atoms with Gasteiger partial charge in [0.15, 0.2) is 0 Å². The predicted octanol–water partition coefficient (Wildman–Crippen LogP) is 4.96. The van der Waals surface area contributed by atoms with Gasteiger partial charge in [-0.05, 0) is 39.8 Å². The Morgan fingerprint density at radius 1 is 1.30 bits per heavy atom. The molecule has 2 heterocycles. The van der Waals surface area contributed by atoms with E-state index in [2.05, 4.69) is 61.8 Å². The highest BCUT2D eigenvalue weighted by Crippen LogP contribution is 2.49. The summed E-state index contributed by atoms with van der Waals surface area (Å²) >= 11 is 7.54. The molecular formula is C16H20N2S2. The number of fused-ring (bicyclic) bond motifs is 3. The first kappa shape index (κ1) is 13.8. The van der Waals surface area contributed by atoms with Crippen molar-refractivity contribution < 1.29 is 0 Å². The van der Waals surface area contributed by atoms with Crippen LogP contribution in [0.5, 0.6) is 0 Å². The monoisotopic (exact) mass is 304 g/mol. The summed E-state index contributed by atoms with van der Waals surface area (Å²) in [5.41, 5.74) is 5.10. The highest BCUT2D eigenvalue weighted by Gasteiger charge is 2.38. The zero-order chi connectivity index (χ0) is 14.7. The number of hydrogen-bond donors (Lipinski definition) is 0. The molecule has 1 aromatic carbocycles. The van der Waals surface area contributed by atoms with E-state index in [0.29, 0.717) is 0 Å². The van der Waals surface area contributed by atoms with Crippen molar-refractivity contribution >= 4 is 29.4 Å². The van der Waals surface area contributed by atoms with Gasteiger partial charge in [0.1, 0.15) is 4.64 Å². The topological polar surface area (TPSA) is 8.17 Å².